The predicted octanol–water partition coefficient (Wildman–Crippen LogP) is 1.43. The number of aromatic nitrogens is 1. The molecule has 0 aliphatic rings. The van der Waals surface area contributed by atoms with Crippen LogP contribution in [0.1, 0.15) is 24.3 Å². The van der Waals surface area contributed by atoms with Gasteiger partial charge in [0.1, 0.15) is 5.76 Å². The second kappa shape index (κ2) is 4.36. The Hall–Kier alpha value is -0.540. The monoisotopic (exact) mass is 176 g/mol. The van der Waals surface area contributed by atoms with Gasteiger partial charge in [-0.25, -0.2) is 4.98 Å². The van der Waals surface area contributed by atoms with Gasteiger partial charge >= 0.3 is 0 Å². The molecule has 0 bridgehead atoms. The summed E-state index contributed by atoms with van der Waals surface area (Å²) < 4.78 is 5.26. The molecule has 2 N–H and O–H groups in total. The van der Waals surface area contributed by atoms with E-state index in [-0.39, 0.29) is 12.4 Å². The highest BCUT2D eigenvalue weighted by molar-refractivity contribution is 5.85. The van der Waals surface area contributed by atoms with E-state index in [0.717, 1.165) is 23.8 Å². The first-order chi connectivity index (χ1) is 4.77. The lowest BCUT2D eigenvalue weighted by Crippen LogP contribution is -1.98. The zero-order valence-electron chi connectivity index (χ0n) is 6.76. The Labute approximate surface area is 72.4 Å². The number of nitrogens with two attached hydrogens (primary N) is 1. The average molecular weight is 177 g/mol. The summed E-state index contributed by atoms with van der Waals surface area (Å²) in [6, 6.07) is 0. The summed E-state index contributed by atoms with van der Waals surface area (Å²) in [5.41, 5.74) is 6.27. The minimum atomic E-state index is 0. The third-order valence-electron chi connectivity index (χ3n) is 1.43. The Balaban J connectivity index is 0.000001000. The highest BCUT2D eigenvalue weighted by Gasteiger charge is 2.04. The van der Waals surface area contributed by atoms with Crippen molar-refractivity contribution >= 4 is 12.4 Å². The van der Waals surface area contributed by atoms with E-state index < -0.39 is 0 Å². The fourth-order valence-corrected chi connectivity index (χ4v) is 0.828. The van der Waals surface area contributed by atoms with E-state index in [2.05, 4.69) is 4.98 Å². The highest BCUT2D eigenvalue weighted by Crippen LogP contribution is 2.08. The molecule has 0 aliphatic carbocycles. The third kappa shape index (κ3) is 2.20. The molecule has 0 radical (unpaired) electrons. The molecule has 1 rings (SSSR count). The van der Waals surface area contributed by atoms with Gasteiger partial charge in [-0.05, 0) is 6.92 Å². The van der Waals surface area contributed by atoms with E-state index in [1.165, 1.54) is 0 Å². The molecule has 0 atom stereocenters. The first-order valence-corrected chi connectivity index (χ1v) is 3.43. The summed E-state index contributed by atoms with van der Waals surface area (Å²) >= 11 is 0. The number of oxazole rings is 1. The lowest BCUT2D eigenvalue weighted by molar-refractivity contribution is 0.476. The fourth-order valence-electron chi connectivity index (χ4n) is 0.828. The second-order valence-electron chi connectivity index (χ2n) is 2.17. The molecule has 11 heavy (non-hydrogen) atoms. The number of nitrogens with zero attached hydrogens (tertiary/aromatic N) is 1. The first kappa shape index (κ1) is 10.5. The van der Waals surface area contributed by atoms with Crippen molar-refractivity contribution < 1.29 is 4.42 Å². The molecule has 3 nitrogen and oxygen atoms in total. The zero-order valence-corrected chi connectivity index (χ0v) is 7.57. The predicted molar refractivity (Wildman–Crippen MR) is 45.8 cm³/mol. The van der Waals surface area contributed by atoms with Crippen LogP contribution in [0.2, 0.25) is 0 Å². The van der Waals surface area contributed by atoms with Gasteiger partial charge in [0.05, 0.1) is 5.69 Å². The number of halogens is 1. The van der Waals surface area contributed by atoms with Gasteiger partial charge in [0.2, 0.25) is 0 Å². The highest BCUT2D eigenvalue weighted by atomic mass is 35.5. The van der Waals surface area contributed by atoms with Crippen molar-refractivity contribution in [3.8, 4) is 0 Å². The van der Waals surface area contributed by atoms with Crippen LogP contribution in [-0.4, -0.2) is 4.98 Å². The van der Waals surface area contributed by atoms with Crippen LogP contribution in [0.3, 0.4) is 0 Å². The largest absolute Gasteiger partial charge is 0.446 e. The Kier molecular flexibility index (Phi) is 4.15. The summed E-state index contributed by atoms with van der Waals surface area (Å²) in [6.07, 6.45) is 0.834. The van der Waals surface area contributed by atoms with Gasteiger partial charge in [-0.2, -0.15) is 0 Å². The molecule has 0 amide bonds. The number of hydrogen-bond donors (Lipinski definition) is 1. The Morgan fingerprint density at radius 1 is 1.55 bits per heavy atom. The lowest BCUT2D eigenvalue weighted by Gasteiger charge is -1.84. The van der Waals surface area contributed by atoms with Crippen LogP contribution in [0, 0.1) is 6.92 Å². The minimum absolute atomic E-state index is 0. The van der Waals surface area contributed by atoms with Crippen LogP contribution in [0.25, 0.3) is 0 Å². The molecule has 0 fully saturated rings. The maximum Gasteiger partial charge on any atom is 0.194 e. The Morgan fingerprint density at radius 2 is 2.18 bits per heavy atom. The van der Waals surface area contributed by atoms with E-state index in [1.807, 2.05) is 13.8 Å². The molecule has 0 aliphatic heterocycles. The first-order valence-electron chi connectivity index (χ1n) is 3.43. The fraction of sp³-hybridized carbons (Fsp3) is 0.571. The molecule has 0 saturated carbocycles. The molecule has 0 saturated heterocycles. The summed E-state index contributed by atoms with van der Waals surface area (Å²) in [5.74, 6) is 1.62. The summed E-state index contributed by atoms with van der Waals surface area (Å²) in [5, 5.41) is 0. The van der Waals surface area contributed by atoms with Crippen LogP contribution in [0.5, 0.6) is 0 Å². The zero-order chi connectivity index (χ0) is 7.56. The van der Waals surface area contributed by atoms with Gasteiger partial charge in [-0.1, -0.05) is 6.92 Å². The summed E-state index contributed by atoms with van der Waals surface area (Å²) in [6.45, 7) is 4.36. The number of hydrogen-bond acceptors (Lipinski definition) is 3. The molecular weight excluding hydrogens is 164 g/mol. The molecule has 1 aromatic rings. The standard InChI is InChI=1S/C7H12N2O.ClH/c1-3-7-9-6(4-8)5(2)10-7;/h3-4,8H2,1-2H3;1H. The van der Waals surface area contributed by atoms with Crippen LogP contribution >= 0.6 is 12.4 Å². The minimum Gasteiger partial charge on any atom is -0.446 e. The van der Waals surface area contributed by atoms with Crippen molar-refractivity contribution in [2.24, 2.45) is 5.73 Å². The van der Waals surface area contributed by atoms with E-state index in [1.54, 1.807) is 0 Å². The van der Waals surface area contributed by atoms with Crippen molar-refractivity contribution in [3.63, 3.8) is 0 Å². The molecule has 0 aromatic carbocycles. The SMILES string of the molecule is CCc1nc(CN)c(C)o1.Cl. The maximum atomic E-state index is 5.40. The lowest BCUT2D eigenvalue weighted by atomic mass is 10.4. The van der Waals surface area contributed by atoms with E-state index in [4.69, 9.17) is 10.2 Å². The molecule has 1 heterocycles. The normalized spacial score (nSPS) is 9.36. The van der Waals surface area contributed by atoms with Crippen molar-refractivity contribution in [1.29, 1.82) is 0 Å². The van der Waals surface area contributed by atoms with Crippen molar-refractivity contribution in [1.82, 2.24) is 4.98 Å². The van der Waals surface area contributed by atoms with Crippen LogP contribution in [0.15, 0.2) is 4.42 Å². The van der Waals surface area contributed by atoms with Gasteiger partial charge in [-0.3, -0.25) is 0 Å². The van der Waals surface area contributed by atoms with Gasteiger partial charge in [0, 0.05) is 13.0 Å². The molecule has 4 heteroatoms. The van der Waals surface area contributed by atoms with Crippen LogP contribution in [0.4, 0.5) is 0 Å². The third-order valence-corrected chi connectivity index (χ3v) is 1.43. The van der Waals surface area contributed by atoms with E-state index in [0.29, 0.717) is 6.54 Å². The van der Waals surface area contributed by atoms with Gasteiger partial charge in [0.25, 0.3) is 0 Å². The average Bonchev–Trinajstić information content (AvgIpc) is 2.30. The summed E-state index contributed by atoms with van der Waals surface area (Å²) in [4.78, 5) is 4.16. The van der Waals surface area contributed by atoms with Crippen LogP contribution in [-0.2, 0) is 13.0 Å². The number of aryl methyl sites for hydroxylation is 2. The molecule has 64 valence electrons. The Bertz CT molecular complexity index is 222. The second-order valence-corrected chi connectivity index (χ2v) is 2.17. The maximum absolute atomic E-state index is 5.40. The van der Waals surface area contributed by atoms with Crippen molar-refractivity contribution in [3.05, 3.63) is 17.3 Å². The van der Waals surface area contributed by atoms with Gasteiger partial charge in [-0.15, -0.1) is 12.4 Å². The van der Waals surface area contributed by atoms with E-state index in [9.17, 15) is 0 Å². The topological polar surface area (TPSA) is 52.0 Å². The Morgan fingerprint density at radius 3 is 2.45 bits per heavy atom. The smallest absolute Gasteiger partial charge is 0.194 e. The molecule has 0 unspecified atom stereocenters. The van der Waals surface area contributed by atoms with Crippen molar-refractivity contribution in [2.75, 3.05) is 0 Å². The molecule has 0 spiro atoms. The quantitative estimate of drug-likeness (QED) is 0.742. The molecule has 1 aromatic heterocycles. The summed E-state index contributed by atoms with van der Waals surface area (Å²) in [7, 11) is 0. The molecular formula is C7H13ClN2O. The number of rotatable bonds is 2. The van der Waals surface area contributed by atoms with Crippen molar-refractivity contribution in [2.45, 2.75) is 26.8 Å². The van der Waals surface area contributed by atoms with Crippen LogP contribution < -0.4 is 5.73 Å². The van der Waals surface area contributed by atoms with Gasteiger partial charge in [0.15, 0.2) is 5.89 Å². The van der Waals surface area contributed by atoms with Gasteiger partial charge < -0.3 is 10.2 Å². The van der Waals surface area contributed by atoms with E-state index >= 15 is 0 Å².